The molecule has 2 rings (SSSR count). The van der Waals surface area contributed by atoms with Crippen LogP contribution in [0.15, 0.2) is 47.1 Å². The van der Waals surface area contributed by atoms with Gasteiger partial charge in [-0.25, -0.2) is 0 Å². The van der Waals surface area contributed by atoms with E-state index >= 15 is 0 Å². The Kier molecular flexibility index (Phi) is 4.02. The average Bonchev–Trinajstić information content (AvgIpc) is 2.84. The van der Waals surface area contributed by atoms with Crippen molar-refractivity contribution >= 4 is 17.6 Å². The summed E-state index contributed by atoms with van der Waals surface area (Å²) in [7, 11) is 0. The molecular formula is C13H12ClNO3. The van der Waals surface area contributed by atoms with Crippen LogP contribution < -0.4 is 5.32 Å². The molecule has 0 radical (unpaired) electrons. The van der Waals surface area contributed by atoms with E-state index in [1.54, 1.807) is 42.7 Å². The molecule has 0 aliphatic heterocycles. The number of halogens is 1. The van der Waals surface area contributed by atoms with Crippen LogP contribution in [0.25, 0.3) is 0 Å². The fourth-order valence-corrected chi connectivity index (χ4v) is 1.74. The molecule has 0 fully saturated rings. The maximum absolute atomic E-state index is 11.2. The number of furan rings is 1. The van der Waals surface area contributed by atoms with E-state index in [0.29, 0.717) is 22.9 Å². The van der Waals surface area contributed by atoms with E-state index in [0.717, 1.165) is 0 Å². The summed E-state index contributed by atoms with van der Waals surface area (Å²) in [6.07, 6.45) is 1.55. The Morgan fingerprint density at radius 1 is 1.33 bits per heavy atom. The number of hydrogen-bond acceptors (Lipinski definition) is 3. The fraction of sp³-hybridized carbons (Fsp3) is 0.154. The summed E-state index contributed by atoms with van der Waals surface area (Å²) in [5.74, 6) is -0.251. The predicted octanol–water partition coefficient (Wildman–Crippen LogP) is 2.85. The van der Waals surface area contributed by atoms with Crippen molar-refractivity contribution in [3.63, 3.8) is 0 Å². The van der Waals surface area contributed by atoms with Gasteiger partial charge >= 0.3 is 5.97 Å². The van der Waals surface area contributed by atoms with Crippen LogP contribution in [0.1, 0.15) is 17.4 Å². The first-order valence-electron chi connectivity index (χ1n) is 5.41. The lowest BCUT2D eigenvalue weighted by molar-refractivity contribution is -0.139. The van der Waals surface area contributed by atoms with Gasteiger partial charge in [-0.05, 0) is 29.8 Å². The van der Waals surface area contributed by atoms with Gasteiger partial charge in [0.15, 0.2) is 0 Å². The molecule has 0 amide bonds. The molecular weight excluding hydrogens is 254 g/mol. The third kappa shape index (κ3) is 3.12. The molecule has 2 aromatic rings. The zero-order valence-corrected chi connectivity index (χ0v) is 10.2. The normalized spacial score (nSPS) is 12.3. The lowest BCUT2D eigenvalue weighted by Gasteiger charge is -2.14. The van der Waals surface area contributed by atoms with Crippen LogP contribution in [0.4, 0.5) is 0 Å². The molecule has 0 spiro atoms. The van der Waals surface area contributed by atoms with Crippen LogP contribution in [0.5, 0.6) is 0 Å². The largest absolute Gasteiger partial charge is 0.480 e. The molecule has 1 atom stereocenters. The lowest BCUT2D eigenvalue weighted by atomic mass is 10.1. The maximum atomic E-state index is 11.2. The molecule has 18 heavy (non-hydrogen) atoms. The number of carboxylic acid groups (broad SMARTS) is 1. The number of hydrogen-bond donors (Lipinski definition) is 2. The van der Waals surface area contributed by atoms with Gasteiger partial charge in [0.25, 0.3) is 0 Å². The Balaban J connectivity index is 2.08. The number of carboxylic acids is 1. The van der Waals surface area contributed by atoms with Gasteiger partial charge in [0.05, 0.1) is 12.8 Å². The van der Waals surface area contributed by atoms with Crippen molar-refractivity contribution in [2.45, 2.75) is 12.6 Å². The van der Waals surface area contributed by atoms with Crippen molar-refractivity contribution in [3.8, 4) is 0 Å². The number of benzene rings is 1. The summed E-state index contributed by atoms with van der Waals surface area (Å²) in [5, 5.41) is 12.7. The van der Waals surface area contributed by atoms with E-state index < -0.39 is 12.0 Å². The minimum atomic E-state index is -0.941. The van der Waals surface area contributed by atoms with Gasteiger partial charge in [0, 0.05) is 5.02 Å². The van der Waals surface area contributed by atoms with Crippen molar-refractivity contribution in [2.24, 2.45) is 0 Å². The first-order chi connectivity index (χ1) is 8.66. The van der Waals surface area contributed by atoms with Crippen molar-refractivity contribution in [2.75, 3.05) is 0 Å². The van der Waals surface area contributed by atoms with E-state index in [4.69, 9.17) is 16.0 Å². The summed E-state index contributed by atoms with van der Waals surface area (Å²) < 4.78 is 5.14. The van der Waals surface area contributed by atoms with Gasteiger partial charge in [0.1, 0.15) is 11.8 Å². The molecule has 1 aromatic heterocycles. The Morgan fingerprint density at radius 2 is 2.06 bits per heavy atom. The molecule has 0 bridgehead atoms. The first-order valence-corrected chi connectivity index (χ1v) is 5.78. The average molecular weight is 266 g/mol. The van der Waals surface area contributed by atoms with Gasteiger partial charge in [-0.2, -0.15) is 0 Å². The summed E-state index contributed by atoms with van der Waals surface area (Å²) in [4.78, 5) is 11.2. The van der Waals surface area contributed by atoms with E-state index in [1.165, 1.54) is 0 Å². The summed E-state index contributed by atoms with van der Waals surface area (Å²) in [6.45, 7) is 0.354. The minimum absolute atomic E-state index is 0.354. The monoisotopic (exact) mass is 265 g/mol. The van der Waals surface area contributed by atoms with Gasteiger partial charge in [-0.15, -0.1) is 0 Å². The van der Waals surface area contributed by atoms with Crippen LogP contribution in [-0.2, 0) is 11.3 Å². The van der Waals surface area contributed by atoms with Crippen LogP contribution in [0, 0.1) is 0 Å². The van der Waals surface area contributed by atoms with Gasteiger partial charge in [0.2, 0.25) is 0 Å². The van der Waals surface area contributed by atoms with Crippen molar-refractivity contribution in [1.29, 1.82) is 0 Å². The molecule has 0 saturated heterocycles. The molecule has 5 heteroatoms. The molecule has 2 N–H and O–H groups in total. The van der Waals surface area contributed by atoms with E-state index in [9.17, 15) is 9.90 Å². The van der Waals surface area contributed by atoms with Crippen LogP contribution in [-0.4, -0.2) is 11.1 Å². The molecule has 0 aliphatic rings. The van der Waals surface area contributed by atoms with Crippen LogP contribution in [0.3, 0.4) is 0 Å². The van der Waals surface area contributed by atoms with Crippen LogP contribution >= 0.6 is 11.6 Å². The number of nitrogens with one attached hydrogen (secondary N) is 1. The van der Waals surface area contributed by atoms with Crippen molar-refractivity contribution in [1.82, 2.24) is 5.32 Å². The number of aliphatic carboxylic acids is 1. The highest BCUT2D eigenvalue weighted by atomic mass is 35.5. The van der Waals surface area contributed by atoms with E-state index in [-0.39, 0.29) is 0 Å². The fourth-order valence-electron chi connectivity index (χ4n) is 1.62. The molecule has 1 aromatic carbocycles. The first kappa shape index (κ1) is 12.7. The topological polar surface area (TPSA) is 62.5 Å². The Bertz CT molecular complexity index is 508. The Hall–Kier alpha value is -1.78. The SMILES string of the molecule is O=C(O)C(NCc1ccco1)c1ccc(Cl)cc1. The number of carbonyl (C=O) groups is 1. The molecule has 4 nitrogen and oxygen atoms in total. The zero-order chi connectivity index (χ0) is 13.0. The minimum Gasteiger partial charge on any atom is -0.480 e. The molecule has 94 valence electrons. The second-order valence-electron chi connectivity index (χ2n) is 3.78. The third-order valence-corrected chi connectivity index (χ3v) is 2.76. The van der Waals surface area contributed by atoms with Crippen molar-refractivity contribution in [3.05, 3.63) is 59.0 Å². The highest BCUT2D eigenvalue weighted by Crippen LogP contribution is 2.17. The van der Waals surface area contributed by atoms with Crippen molar-refractivity contribution < 1.29 is 14.3 Å². The standard InChI is InChI=1S/C13H12ClNO3/c14-10-5-3-9(4-6-10)12(13(16)17)15-8-11-2-1-7-18-11/h1-7,12,15H,8H2,(H,16,17). The quantitative estimate of drug-likeness (QED) is 0.873. The third-order valence-electron chi connectivity index (χ3n) is 2.51. The van der Waals surface area contributed by atoms with E-state index in [2.05, 4.69) is 5.32 Å². The zero-order valence-electron chi connectivity index (χ0n) is 9.47. The maximum Gasteiger partial charge on any atom is 0.325 e. The second-order valence-corrected chi connectivity index (χ2v) is 4.22. The molecule has 1 unspecified atom stereocenters. The summed E-state index contributed by atoms with van der Waals surface area (Å²) in [6, 6.07) is 9.48. The highest BCUT2D eigenvalue weighted by molar-refractivity contribution is 6.30. The Morgan fingerprint density at radius 3 is 2.61 bits per heavy atom. The van der Waals surface area contributed by atoms with Gasteiger partial charge < -0.3 is 9.52 Å². The molecule has 0 saturated carbocycles. The number of rotatable bonds is 5. The molecule has 0 aliphatic carbocycles. The predicted molar refractivity (Wildman–Crippen MR) is 67.4 cm³/mol. The Labute approximate surface area is 109 Å². The lowest BCUT2D eigenvalue weighted by Crippen LogP contribution is -2.27. The molecule has 1 heterocycles. The summed E-state index contributed by atoms with van der Waals surface area (Å²) in [5.41, 5.74) is 0.651. The second kappa shape index (κ2) is 5.71. The smallest absolute Gasteiger partial charge is 0.325 e. The van der Waals surface area contributed by atoms with Gasteiger partial charge in [-0.3, -0.25) is 10.1 Å². The van der Waals surface area contributed by atoms with Gasteiger partial charge in [-0.1, -0.05) is 23.7 Å². The highest BCUT2D eigenvalue weighted by Gasteiger charge is 2.19. The van der Waals surface area contributed by atoms with E-state index in [1.807, 2.05) is 0 Å². The van der Waals surface area contributed by atoms with Crippen LogP contribution in [0.2, 0.25) is 5.02 Å². The summed E-state index contributed by atoms with van der Waals surface area (Å²) >= 11 is 5.77.